The molecular weight excluding hydrogens is 334 g/mol. The van der Waals surface area contributed by atoms with Crippen LogP contribution in [-0.4, -0.2) is 34.4 Å². The van der Waals surface area contributed by atoms with Gasteiger partial charge in [-0.2, -0.15) is 0 Å². The molecule has 0 saturated carbocycles. The van der Waals surface area contributed by atoms with E-state index in [2.05, 4.69) is 0 Å². The lowest BCUT2D eigenvalue weighted by atomic mass is 10.2. The minimum Gasteiger partial charge on any atom is -0.481 e. The van der Waals surface area contributed by atoms with Crippen molar-refractivity contribution in [3.63, 3.8) is 0 Å². The van der Waals surface area contributed by atoms with E-state index in [-0.39, 0.29) is 4.90 Å². The van der Waals surface area contributed by atoms with E-state index in [1.807, 2.05) is 0 Å². The van der Waals surface area contributed by atoms with Gasteiger partial charge in [0.15, 0.2) is 0 Å². The highest BCUT2D eigenvalue weighted by atomic mass is 35.5. The number of carboxylic acid groups (broad SMARTS) is 1. The van der Waals surface area contributed by atoms with Crippen LogP contribution >= 0.6 is 23.2 Å². The SMILES string of the molecule is O=C(O)CC(O)CC(Cl)(Cl)S(=O)(=O)c1ccc(F)cc1. The van der Waals surface area contributed by atoms with Crippen LogP contribution in [-0.2, 0) is 14.6 Å². The molecule has 0 radical (unpaired) electrons. The highest BCUT2D eigenvalue weighted by Crippen LogP contribution is 2.38. The van der Waals surface area contributed by atoms with Crippen molar-refractivity contribution in [3.05, 3.63) is 30.1 Å². The van der Waals surface area contributed by atoms with Gasteiger partial charge in [-0.1, -0.05) is 23.2 Å². The van der Waals surface area contributed by atoms with E-state index in [1.165, 1.54) is 0 Å². The maximum absolute atomic E-state index is 12.8. The van der Waals surface area contributed by atoms with Gasteiger partial charge < -0.3 is 10.2 Å². The molecule has 0 heterocycles. The number of benzene rings is 1. The van der Waals surface area contributed by atoms with Crippen LogP contribution in [0.25, 0.3) is 0 Å². The van der Waals surface area contributed by atoms with Crippen LogP contribution < -0.4 is 0 Å². The van der Waals surface area contributed by atoms with Crippen molar-refractivity contribution >= 4 is 39.0 Å². The lowest BCUT2D eigenvalue weighted by Crippen LogP contribution is -2.32. The van der Waals surface area contributed by atoms with Gasteiger partial charge in [-0.05, 0) is 24.3 Å². The number of aliphatic hydroxyl groups excluding tert-OH is 1. The molecule has 112 valence electrons. The molecule has 0 spiro atoms. The predicted octanol–water partition coefficient (Wildman–Crippen LogP) is 1.96. The van der Waals surface area contributed by atoms with Crippen molar-refractivity contribution in [3.8, 4) is 0 Å². The summed E-state index contributed by atoms with van der Waals surface area (Å²) in [4.78, 5) is 10.1. The smallest absolute Gasteiger partial charge is 0.305 e. The molecule has 9 heteroatoms. The lowest BCUT2D eigenvalue weighted by molar-refractivity contribution is -0.139. The number of halogens is 3. The van der Waals surface area contributed by atoms with Gasteiger partial charge in [0, 0.05) is 6.42 Å². The molecular formula is C11H11Cl2FO5S. The van der Waals surface area contributed by atoms with Gasteiger partial charge >= 0.3 is 5.97 Å². The summed E-state index contributed by atoms with van der Waals surface area (Å²) in [6.45, 7) is 0. The van der Waals surface area contributed by atoms with Gasteiger partial charge in [0.05, 0.1) is 17.4 Å². The lowest BCUT2D eigenvalue weighted by Gasteiger charge is -2.22. The summed E-state index contributed by atoms with van der Waals surface area (Å²) in [5.74, 6) is -1.95. The standard InChI is InChI=1S/C11H11Cl2FO5S/c12-11(13,6-8(15)5-10(16)17)20(18,19)9-3-1-7(14)2-4-9/h1-4,8,15H,5-6H2,(H,16,17). The highest BCUT2D eigenvalue weighted by Gasteiger charge is 2.43. The Morgan fingerprint density at radius 2 is 1.80 bits per heavy atom. The topological polar surface area (TPSA) is 91.7 Å². The van der Waals surface area contributed by atoms with E-state index in [1.54, 1.807) is 0 Å². The van der Waals surface area contributed by atoms with E-state index in [4.69, 9.17) is 28.3 Å². The maximum Gasteiger partial charge on any atom is 0.305 e. The van der Waals surface area contributed by atoms with Crippen molar-refractivity contribution in [1.82, 2.24) is 0 Å². The Bertz CT molecular complexity index is 585. The monoisotopic (exact) mass is 344 g/mol. The second kappa shape index (κ2) is 6.26. The zero-order valence-electron chi connectivity index (χ0n) is 9.96. The molecule has 0 aliphatic rings. The Morgan fingerprint density at radius 1 is 1.30 bits per heavy atom. The molecule has 1 aromatic carbocycles. The second-order valence-corrected chi connectivity index (χ2v) is 8.16. The Kier molecular flexibility index (Phi) is 5.37. The van der Waals surface area contributed by atoms with Gasteiger partial charge in [0.2, 0.25) is 13.5 Å². The van der Waals surface area contributed by atoms with E-state index < -0.39 is 44.2 Å². The summed E-state index contributed by atoms with van der Waals surface area (Å²) in [7, 11) is -4.27. The van der Waals surface area contributed by atoms with Crippen LogP contribution in [0.4, 0.5) is 4.39 Å². The Hall–Kier alpha value is -0.890. The first-order valence-corrected chi connectivity index (χ1v) is 7.58. The number of aliphatic hydroxyl groups is 1. The van der Waals surface area contributed by atoms with E-state index in [0.29, 0.717) is 0 Å². The maximum atomic E-state index is 12.8. The molecule has 1 atom stereocenters. The number of sulfone groups is 1. The van der Waals surface area contributed by atoms with Crippen molar-refractivity contribution in [2.75, 3.05) is 0 Å². The number of alkyl halides is 2. The molecule has 20 heavy (non-hydrogen) atoms. The van der Waals surface area contributed by atoms with Crippen LogP contribution in [0, 0.1) is 5.82 Å². The van der Waals surface area contributed by atoms with Crippen molar-refractivity contribution in [1.29, 1.82) is 0 Å². The van der Waals surface area contributed by atoms with E-state index in [0.717, 1.165) is 24.3 Å². The summed E-state index contributed by atoms with van der Waals surface area (Å²) in [5, 5.41) is 17.9. The van der Waals surface area contributed by atoms with Crippen LogP contribution in [0.2, 0.25) is 0 Å². The summed E-state index contributed by atoms with van der Waals surface area (Å²) >= 11 is 11.4. The molecule has 0 fully saturated rings. The quantitative estimate of drug-likeness (QED) is 0.607. The minimum absolute atomic E-state index is 0.327. The van der Waals surface area contributed by atoms with Crippen molar-refractivity contribution < 1.29 is 27.8 Å². The third-order valence-electron chi connectivity index (χ3n) is 2.40. The molecule has 0 saturated heterocycles. The summed E-state index contributed by atoms with van der Waals surface area (Å²) in [6.07, 6.45) is -2.92. The summed E-state index contributed by atoms with van der Waals surface area (Å²) in [5.41, 5.74) is 0. The van der Waals surface area contributed by atoms with E-state index >= 15 is 0 Å². The first-order chi connectivity index (χ1) is 9.06. The third kappa shape index (κ3) is 4.05. The Labute approximate surface area is 124 Å². The molecule has 0 aromatic heterocycles. The van der Waals surface area contributed by atoms with Crippen LogP contribution in [0.1, 0.15) is 12.8 Å². The average molecular weight is 345 g/mol. The molecule has 0 aliphatic carbocycles. The van der Waals surface area contributed by atoms with Crippen molar-refractivity contribution in [2.24, 2.45) is 0 Å². The number of hydrogen-bond acceptors (Lipinski definition) is 4. The molecule has 0 amide bonds. The number of rotatable bonds is 6. The second-order valence-electron chi connectivity index (χ2n) is 4.05. The zero-order valence-corrected chi connectivity index (χ0v) is 12.3. The molecule has 1 aromatic rings. The van der Waals surface area contributed by atoms with Crippen LogP contribution in [0.15, 0.2) is 29.2 Å². The predicted molar refractivity (Wildman–Crippen MR) is 70.9 cm³/mol. The zero-order chi connectivity index (χ0) is 15.6. The van der Waals surface area contributed by atoms with Gasteiger partial charge in [-0.25, -0.2) is 12.8 Å². The number of hydrogen-bond donors (Lipinski definition) is 2. The number of carboxylic acids is 1. The fraction of sp³-hybridized carbons (Fsp3) is 0.364. The van der Waals surface area contributed by atoms with Crippen LogP contribution in [0.3, 0.4) is 0 Å². The minimum atomic E-state index is -4.27. The molecule has 2 N–H and O–H groups in total. The average Bonchev–Trinajstić information content (AvgIpc) is 2.27. The first-order valence-electron chi connectivity index (χ1n) is 5.34. The largest absolute Gasteiger partial charge is 0.481 e. The van der Waals surface area contributed by atoms with Gasteiger partial charge in [0.1, 0.15) is 5.82 Å². The summed E-state index contributed by atoms with van der Waals surface area (Å²) in [6, 6.07) is 3.80. The molecule has 0 aliphatic heterocycles. The number of aliphatic carboxylic acids is 1. The normalized spacial score (nSPS) is 14.0. The first kappa shape index (κ1) is 17.2. The Morgan fingerprint density at radius 3 is 2.25 bits per heavy atom. The Balaban J connectivity index is 3.00. The van der Waals surface area contributed by atoms with Crippen LogP contribution in [0.5, 0.6) is 0 Å². The number of carbonyl (C=O) groups is 1. The van der Waals surface area contributed by atoms with Gasteiger partial charge in [-0.15, -0.1) is 0 Å². The highest BCUT2D eigenvalue weighted by molar-refractivity contribution is 7.95. The molecule has 1 unspecified atom stereocenters. The van der Waals surface area contributed by atoms with Gasteiger partial charge in [-0.3, -0.25) is 4.79 Å². The summed E-state index contributed by atoms with van der Waals surface area (Å²) < 4.78 is 34.6. The molecule has 1 rings (SSSR count). The fourth-order valence-corrected chi connectivity index (χ4v) is 3.59. The van der Waals surface area contributed by atoms with Gasteiger partial charge in [0.25, 0.3) is 0 Å². The third-order valence-corrected chi connectivity index (χ3v) is 5.77. The molecule has 5 nitrogen and oxygen atoms in total. The van der Waals surface area contributed by atoms with Crippen molar-refractivity contribution in [2.45, 2.75) is 27.5 Å². The van der Waals surface area contributed by atoms with E-state index in [9.17, 15) is 22.7 Å². The fourth-order valence-electron chi connectivity index (χ4n) is 1.44. The molecule has 0 bridgehead atoms.